The van der Waals surface area contributed by atoms with E-state index < -0.39 is 0 Å². The Labute approximate surface area is 147 Å². The van der Waals surface area contributed by atoms with Gasteiger partial charge in [0.15, 0.2) is 0 Å². The lowest BCUT2D eigenvalue weighted by atomic mass is 10.0. The molecule has 0 saturated carbocycles. The monoisotopic (exact) mass is 346 g/mol. The zero-order valence-corrected chi connectivity index (χ0v) is 15.6. The number of aromatic nitrogens is 3. The third kappa shape index (κ3) is 3.15. The molecule has 1 atom stereocenters. The summed E-state index contributed by atoms with van der Waals surface area (Å²) < 4.78 is 12.5. The first kappa shape index (κ1) is 17.5. The van der Waals surface area contributed by atoms with Gasteiger partial charge in [0.05, 0.1) is 30.1 Å². The van der Waals surface area contributed by atoms with Gasteiger partial charge >= 0.3 is 0 Å². The van der Waals surface area contributed by atoms with E-state index in [1.165, 1.54) is 0 Å². The number of hydrogen-bond acceptors (Lipinski definition) is 5. The van der Waals surface area contributed by atoms with Crippen molar-refractivity contribution in [1.82, 2.24) is 19.8 Å². The molecule has 0 aromatic carbocycles. The number of ether oxygens (including phenoxy) is 1. The van der Waals surface area contributed by atoms with Gasteiger partial charge in [0.2, 0.25) is 11.8 Å². The number of carbonyl (C=O) groups is 1. The summed E-state index contributed by atoms with van der Waals surface area (Å²) in [4.78, 5) is 14.8. The van der Waals surface area contributed by atoms with Crippen LogP contribution in [0.2, 0.25) is 0 Å². The average molecular weight is 346 g/mol. The van der Waals surface area contributed by atoms with Crippen LogP contribution < -0.4 is 4.74 Å². The van der Waals surface area contributed by atoms with Crippen molar-refractivity contribution in [1.29, 1.82) is 0 Å². The van der Waals surface area contributed by atoms with Crippen LogP contribution in [0.3, 0.4) is 0 Å². The van der Waals surface area contributed by atoms with Crippen molar-refractivity contribution in [2.24, 2.45) is 7.05 Å². The second-order valence-electron chi connectivity index (χ2n) is 6.68. The zero-order valence-electron chi connectivity index (χ0n) is 15.6. The molecule has 136 valence electrons. The molecule has 1 saturated heterocycles. The molecule has 1 unspecified atom stereocenters. The maximum Gasteiger partial charge on any atom is 0.223 e. The molecule has 3 rings (SSSR count). The van der Waals surface area contributed by atoms with Crippen molar-refractivity contribution >= 4 is 5.91 Å². The highest BCUT2D eigenvalue weighted by Gasteiger charge is 2.34. The summed E-state index contributed by atoms with van der Waals surface area (Å²) >= 11 is 0. The number of carbonyl (C=O) groups excluding carboxylic acids is 1. The minimum atomic E-state index is 0.0424. The van der Waals surface area contributed by atoms with Crippen LogP contribution in [-0.4, -0.2) is 39.4 Å². The van der Waals surface area contributed by atoms with E-state index in [1.807, 2.05) is 32.7 Å². The van der Waals surface area contributed by atoms with Crippen molar-refractivity contribution in [3.8, 4) is 5.88 Å². The molecule has 0 radical (unpaired) electrons. The molecule has 1 amide bonds. The molecule has 0 N–H and O–H groups in total. The summed E-state index contributed by atoms with van der Waals surface area (Å²) in [7, 11) is 3.52. The largest absolute Gasteiger partial charge is 0.481 e. The number of aryl methyl sites for hydroxylation is 4. The maximum atomic E-state index is 12.9. The number of rotatable bonds is 5. The Hall–Kier alpha value is -2.31. The predicted octanol–water partition coefficient (Wildman–Crippen LogP) is 2.64. The van der Waals surface area contributed by atoms with Crippen LogP contribution in [0.15, 0.2) is 4.52 Å². The van der Waals surface area contributed by atoms with Gasteiger partial charge in [-0.25, -0.2) is 4.68 Å². The first-order valence-corrected chi connectivity index (χ1v) is 8.72. The SMILES string of the molecule is COc1c(C2CCCN2C(=O)CCc2c(C)noc2C)c(C)nn1C. The number of likely N-dealkylation sites (tertiary alicyclic amines) is 1. The van der Waals surface area contributed by atoms with Crippen LogP contribution in [0.1, 0.15) is 53.6 Å². The smallest absolute Gasteiger partial charge is 0.223 e. The van der Waals surface area contributed by atoms with Crippen LogP contribution in [0.25, 0.3) is 0 Å². The standard InChI is InChI=1S/C18H26N4O3/c1-11-14(13(3)25-20-11)8-9-16(23)22-10-6-7-15(22)17-12(2)19-21(4)18(17)24-5/h15H,6-10H2,1-5H3. The van der Waals surface area contributed by atoms with Gasteiger partial charge in [0, 0.05) is 25.6 Å². The Morgan fingerprint density at radius 3 is 2.72 bits per heavy atom. The fourth-order valence-corrected chi connectivity index (χ4v) is 3.88. The Kier molecular flexibility index (Phi) is 4.83. The summed E-state index contributed by atoms with van der Waals surface area (Å²) in [6.45, 7) is 6.56. The summed E-state index contributed by atoms with van der Waals surface area (Å²) in [6.07, 6.45) is 3.06. The molecule has 3 heterocycles. The normalized spacial score (nSPS) is 17.3. The summed E-state index contributed by atoms with van der Waals surface area (Å²) in [5, 5.41) is 8.43. The lowest BCUT2D eigenvalue weighted by molar-refractivity contribution is -0.132. The molecule has 25 heavy (non-hydrogen) atoms. The van der Waals surface area contributed by atoms with Crippen molar-refractivity contribution in [2.45, 2.75) is 52.5 Å². The Balaban J connectivity index is 1.76. The summed E-state index contributed by atoms with van der Waals surface area (Å²) in [5.41, 5.74) is 3.87. The van der Waals surface area contributed by atoms with Gasteiger partial charge in [-0.1, -0.05) is 5.16 Å². The minimum Gasteiger partial charge on any atom is -0.481 e. The van der Waals surface area contributed by atoms with Gasteiger partial charge in [-0.3, -0.25) is 4.79 Å². The second kappa shape index (κ2) is 6.90. The van der Waals surface area contributed by atoms with Crippen molar-refractivity contribution in [3.05, 3.63) is 28.3 Å². The zero-order chi connectivity index (χ0) is 18.1. The van der Waals surface area contributed by atoms with Gasteiger partial charge < -0.3 is 14.2 Å². The van der Waals surface area contributed by atoms with E-state index in [1.54, 1.807) is 11.8 Å². The Bertz CT molecular complexity index is 758. The highest BCUT2D eigenvalue weighted by molar-refractivity contribution is 5.77. The van der Waals surface area contributed by atoms with Gasteiger partial charge in [-0.05, 0) is 40.0 Å². The van der Waals surface area contributed by atoms with Crippen LogP contribution >= 0.6 is 0 Å². The first-order chi connectivity index (χ1) is 11.9. The van der Waals surface area contributed by atoms with Gasteiger partial charge in [-0.15, -0.1) is 0 Å². The number of amides is 1. The highest BCUT2D eigenvalue weighted by atomic mass is 16.5. The average Bonchev–Trinajstić information content (AvgIpc) is 3.24. The predicted molar refractivity (Wildman–Crippen MR) is 92.5 cm³/mol. The molecular formula is C18H26N4O3. The Morgan fingerprint density at radius 1 is 1.32 bits per heavy atom. The van der Waals surface area contributed by atoms with E-state index in [0.29, 0.717) is 12.8 Å². The number of hydrogen-bond donors (Lipinski definition) is 0. The van der Waals surface area contributed by atoms with Gasteiger partial charge in [-0.2, -0.15) is 5.10 Å². The fourth-order valence-electron chi connectivity index (χ4n) is 3.88. The van der Waals surface area contributed by atoms with Crippen molar-refractivity contribution in [2.75, 3.05) is 13.7 Å². The number of nitrogens with zero attached hydrogens (tertiary/aromatic N) is 4. The minimum absolute atomic E-state index is 0.0424. The highest BCUT2D eigenvalue weighted by Crippen LogP contribution is 2.39. The molecule has 7 nitrogen and oxygen atoms in total. The first-order valence-electron chi connectivity index (χ1n) is 8.72. The molecule has 1 aliphatic heterocycles. The van der Waals surface area contributed by atoms with Gasteiger partial charge in [0.1, 0.15) is 5.76 Å². The van der Waals surface area contributed by atoms with Crippen molar-refractivity contribution in [3.63, 3.8) is 0 Å². The summed E-state index contributed by atoms with van der Waals surface area (Å²) in [6, 6.07) is 0.0424. The lowest BCUT2D eigenvalue weighted by Gasteiger charge is -2.25. The molecule has 2 aromatic heterocycles. The van der Waals surface area contributed by atoms with Crippen LogP contribution in [0, 0.1) is 20.8 Å². The third-order valence-corrected chi connectivity index (χ3v) is 5.08. The van der Waals surface area contributed by atoms with E-state index in [0.717, 1.165) is 53.5 Å². The number of methoxy groups -OCH3 is 1. The molecule has 1 fully saturated rings. The van der Waals surface area contributed by atoms with E-state index in [2.05, 4.69) is 10.3 Å². The summed E-state index contributed by atoms with van der Waals surface area (Å²) in [5.74, 6) is 1.70. The van der Waals surface area contributed by atoms with Crippen LogP contribution in [0.4, 0.5) is 0 Å². The molecular weight excluding hydrogens is 320 g/mol. The molecule has 7 heteroatoms. The van der Waals surface area contributed by atoms with Crippen LogP contribution in [0.5, 0.6) is 5.88 Å². The van der Waals surface area contributed by atoms with E-state index in [9.17, 15) is 4.79 Å². The molecule has 1 aliphatic rings. The second-order valence-corrected chi connectivity index (χ2v) is 6.68. The lowest BCUT2D eigenvalue weighted by Crippen LogP contribution is -2.31. The molecule has 0 spiro atoms. The molecule has 0 bridgehead atoms. The Morgan fingerprint density at radius 2 is 2.08 bits per heavy atom. The van der Waals surface area contributed by atoms with Gasteiger partial charge in [0.25, 0.3) is 0 Å². The topological polar surface area (TPSA) is 73.4 Å². The molecule has 2 aromatic rings. The molecule has 0 aliphatic carbocycles. The quantitative estimate of drug-likeness (QED) is 0.832. The van der Waals surface area contributed by atoms with E-state index in [-0.39, 0.29) is 11.9 Å². The maximum absolute atomic E-state index is 12.9. The van der Waals surface area contributed by atoms with Crippen LogP contribution in [-0.2, 0) is 18.3 Å². The van der Waals surface area contributed by atoms with Crippen molar-refractivity contribution < 1.29 is 14.1 Å². The fraction of sp³-hybridized carbons (Fsp3) is 0.611. The van der Waals surface area contributed by atoms with E-state index >= 15 is 0 Å². The van der Waals surface area contributed by atoms with E-state index in [4.69, 9.17) is 9.26 Å². The third-order valence-electron chi connectivity index (χ3n) is 5.08.